The molecule has 8 heteroatoms. The lowest BCUT2D eigenvalue weighted by molar-refractivity contribution is 0.102. The third-order valence-electron chi connectivity index (χ3n) is 5.87. The van der Waals surface area contributed by atoms with E-state index in [0.29, 0.717) is 18.7 Å². The van der Waals surface area contributed by atoms with Crippen LogP contribution in [0.2, 0.25) is 0 Å². The average Bonchev–Trinajstić information content (AvgIpc) is 3.26. The van der Waals surface area contributed by atoms with Gasteiger partial charge in [0.25, 0.3) is 11.5 Å². The molecule has 0 saturated heterocycles. The number of aromatic amines is 1. The monoisotopic (exact) mass is 441 g/mol. The lowest BCUT2D eigenvalue weighted by Crippen LogP contribution is -2.31. The predicted molar refractivity (Wildman–Crippen MR) is 128 cm³/mol. The number of nitrogens with zero attached hydrogens (tertiary/aromatic N) is 3. The Labute approximate surface area is 189 Å². The molecule has 166 valence electrons. The van der Waals surface area contributed by atoms with Gasteiger partial charge in [-0.05, 0) is 42.7 Å². The topological polar surface area (TPSA) is 100 Å². The summed E-state index contributed by atoms with van der Waals surface area (Å²) in [5.41, 5.74) is 3.44. The number of hydrogen-bond acceptors (Lipinski definition) is 5. The Balaban J connectivity index is 1.49. The van der Waals surface area contributed by atoms with Crippen molar-refractivity contribution >= 4 is 34.0 Å². The maximum absolute atomic E-state index is 13.1. The normalized spacial score (nSPS) is 12.7. The first kappa shape index (κ1) is 20.7. The van der Waals surface area contributed by atoms with Crippen LogP contribution in [-0.4, -0.2) is 27.0 Å². The van der Waals surface area contributed by atoms with E-state index in [9.17, 15) is 14.4 Å². The lowest BCUT2D eigenvalue weighted by atomic mass is 10.1. The number of benzene rings is 2. The number of rotatable bonds is 5. The third kappa shape index (κ3) is 3.69. The van der Waals surface area contributed by atoms with Crippen molar-refractivity contribution in [2.45, 2.75) is 26.3 Å². The molecule has 8 nitrogen and oxygen atoms in total. The molecule has 0 saturated carbocycles. The van der Waals surface area contributed by atoms with Crippen LogP contribution in [0.25, 0.3) is 11.0 Å². The van der Waals surface area contributed by atoms with Crippen LogP contribution < -0.4 is 21.5 Å². The zero-order valence-corrected chi connectivity index (χ0v) is 18.2. The summed E-state index contributed by atoms with van der Waals surface area (Å²) >= 11 is 0. The zero-order valence-electron chi connectivity index (χ0n) is 18.2. The lowest BCUT2D eigenvalue weighted by Gasteiger charge is -2.23. The molecule has 3 heterocycles. The number of aryl methyl sites for hydroxylation is 1. The molecule has 1 aliphatic rings. The first-order chi connectivity index (χ1) is 16.1. The number of pyridine rings is 1. The molecule has 0 radical (unpaired) electrons. The molecular formula is C25H23N5O3. The molecule has 4 aromatic rings. The summed E-state index contributed by atoms with van der Waals surface area (Å²) in [5, 5.41) is 3.17. The third-order valence-corrected chi connectivity index (χ3v) is 5.87. The van der Waals surface area contributed by atoms with Crippen molar-refractivity contribution in [2.24, 2.45) is 0 Å². The first-order valence-electron chi connectivity index (χ1n) is 11.0. The van der Waals surface area contributed by atoms with E-state index < -0.39 is 11.2 Å². The van der Waals surface area contributed by atoms with Crippen molar-refractivity contribution in [3.8, 4) is 0 Å². The highest BCUT2D eigenvalue weighted by molar-refractivity contribution is 6.07. The molecule has 5 rings (SSSR count). The van der Waals surface area contributed by atoms with Gasteiger partial charge in [-0.15, -0.1) is 0 Å². The van der Waals surface area contributed by atoms with Crippen LogP contribution in [0.4, 0.5) is 17.1 Å². The van der Waals surface area contributed by atoms with Gasteiger partial charge < -0.3 is 10.2 Å². The maximum Gasteiger partial charge on any atom is 0.329 e. The largest absolute Gasteiger partial charge is 0.339 e. The first-order valence-corrected chi connectivity index (χ1v) is 11.0. The van der Waals surface area contributed by atoms with Crippen LogP contribution in [-0.2, 0) is 13.0 Å². The molecule has 2 aromatic carbocycles. The molecule has 2 aromatic heterocycles. The number of aromatic nitrogens is 3. The predicted octanol–water partition coefficient (Wildman–Crippen LogP) is 3.44. The van der Waals surface area contributed by atoms with E-state index in [-0.39, 0.29) is 22.5 Å². The molecular weight excluding hydrogens is 418 g/mol. The number of H-pyrrole nitrogens is 1. The Hall–Kier alpha value is -4.20. The molecule has 0 spiro atoms. The molecule has 0 aliphatic carbocycles. The second-order valence-electron chi connectivity index (χ2n) is 8.01. The van der Waals surface area contributed by atoms with Gasteiger partial charge in [0.05, 0.1) is 22.3 Å². The van der Waals surface area contributed by atoms with Crippen LogP contribution in [0.5, 0.6) is 0 Å². The van der Waals surface area contributed by atoms with Gasteiger partial charge in [-0.2, -0.15) is 0 Å². The number of para-hydroxylation sites is 3. The summed E-state index contributed by atoms with van der Waals surface area (Å²) in [4.78, 5) is 46.4. The second-order valence-corrected chi connectivity index (χ2v) is 8.01. The number of fused-ring (bicyclic) bond motifs is 2. The van der Waals surface area contributed by atoms with Gasteiger partial charge in [0.1, 0.15) is 5.65 Å². The number of nitrogens with one attached hydrogen (secondary N) is 2. The van der Waals surface area contributed by atoms with Gasteiger partial charge in [0.2, 0.25) is 0 Å². The Morgan fingerprint density at radius 1 is 1.09 bits per heavy atom. The van der Waals surface area contributed by atoms with Crippen molar-refractivity contribution in [3.63, 3.8) is 0 Å². The van der Waals surface area contributed by atoms with Crippen LogP contribution in [0.3, 0.4) is 0 Å². The van der Waals surface area contributed by atoms with Gasteiger partial charge in [0, 0.05) is 25.0 Å². The van der Waals surface area contributed by atoms with E-state index in [1.54, 1.807) is 0 Å². The van der Waals surface area contributed by atoms with Gasteiger partial charge in [0.15, 0.2) is 0 Å². The second kappa shape index (κ2) is 8.38. The van der Waals surface area contributed by atoms with E-state index in [0.717, 1.165) is 24.3 Å². The van der Waals surface area contributed by atoms with E-state index in [1.807, 2.05) is 43.3 Å². The Morgan fingerprint density at radius 3 is 2.67 bits per heavy atom. The molecule has 0 bridgehead atoms. The minimum absolute atomic E-state index is 0.206. The highest BCUT2D eigenvalue weighted by atomic mass is 16.2. The number of amides is 1. The van der Waals surface area contributed by atoms with Crippen molar-refractivity contribution in [2.75, 3.05) is 16.8 Å². The van der Waals surface area contributed by atoms with Crippen LogP contribution in [0.1, 0.15) is 29.3 Å². The fourth-order valence-electron chi connectivity index (χ4n) is 4.32. The number of carbonyl (C=O) groups is 1. The quantitative estimate of drug-likeness (QED) is 0.494. The summed E-state index contributed by atoms with van der Waals surface area (Å²) < 4.78 is 1.42. The zero-order chi connectivity index (χ0) is 22.9. The Bertz CT molecular complexity index is 1490. The fourth-order valence-corrected chi connectivity index (χ4v) is 4.32. The molecule has 0 atom stereocenters. The van der Waals surface area contributed by atoms with Crippen molar-refractivity contribution < 1.29 is 4.79 Å². The highest BCUT2D eigenvalue weighted by Gasteiger charge is 2.22. The Morgan fingerprint density at radius 2 is 1.85 bits per heavy atom. The van der Waals surface area contributed by atoms with E-state index >= 15 is 0 Å². The minimum atomic E-state index is -0.557. The number of hydrogen-bond donors (Lipinski definition) is 2. The van der Waals surface area contributed by atoms with Gasteiger partial charge in [-0.1, -0.05) is 37.3 Å². The summed E-state index contributed by atoms with van der Waals surface area (Å²) in [6.07, 6.45) is 3.05. The van der Waals surface area contributed by atoms with Crippen LogP contribution >= 0.6 is 0 Å². The van der Waals surface area contributed by atoms with Crippen molar-refractivity contribution in [1.82, 2.24) is 14.5 Å². The molecule has 0 unspecified atom stereocenters. The smallest absolute Gasteiger partial charge is 0.329 e. The summed E-state index contributed by atoms with van der Waals surface area (Å²) in [5.74, 6) is -0.378. The minimum Gasteiger partial charge on any atom is -0.339 e. The van der Waals surface area contributed by atoms with Crippen molar-refractivity contribution in [1.29, 1.82) is 0 Å². The van der Waals surface area contributed by atoms with Crippen LogP contribution in [0.15, 0.2) is 70.4 Å². The maximum atomic E-state index is 13.1. The van der Waals surface area contributed by atoms with Gasteiger partial charge >= 0.3 is 5.69 Å². The Kier molecular flexibility index (Phi) is 5.26. The molecule has 0 fully saturated rings. The van der Waals surface area contributed by atoms with Gasteiger partial charge in [-0.25, -0.2) is 9.78 Å². The summed E-state index contributed by atoms with van der Waals surface area (Å²) in [6.45, 7) is 3.19. The number of carbonyl (C=O) groups excluding carboxylic acids is 1. The molecule has 33 heavy (non-hydrogen) atoms. The number of anilines is 3. The highest BCUT2D eigenvalue weighted by Crippen LogP contribution is 2.38. The molecule has 1 aliphatic heterocycles. The summed E-state index contributed by atoms with van der Waals surface area (Å²) in [7, 11) is 0. The van der Waals surface area contributed by atoms with E-state index in [2.05, 4.69) is 32.3 Å². The van der Waals surface area contributed by atoms with E-state index in [4.69, 9.17) is 0 Å². The van der Waals surface area contributed by atoms with E-state index in [1.165, 1.54) is 22.4 Å². The van der Waals surface area contributed by atoms with Crippen molar-refractivity contribution in [3.05, 3.63) is 92.8 Å². The van der Waals surface area contributed by atoms with Gasteiger partial charge in [-0.3, -0.25) is 19.1 Å². The molecule has 2 N–H and O–H groups in total. The standard InChI is InChI=1S/C25H23N5O3/c1-2-12-30-22-18(24(32)28-25(30)33)14-17(15-26-22)23(31)27-19-8-4-6-10-21(19)29-13-11-16-7-3-5-9-20(16)29/h3-10,14-15H,2,11-13H2,1H3,(H,27,31)(H,28,32,33). The van der Waals surface area contributed by atoms with Crippen LogP contribution in [0, 0.1) is 0 Å². The SMILES string of the molecule is CCCn1c(=O)[nH]c(=O)c2cc(C(=O)Nc3ccccc3N3CCc4ccccc43)cnc21. The molecule has 1 amide bonds. The average molecular weight is 441 g/mol. The fraction of sp³-hybridized carbons (Fsp3) is 0.200. The summed E-state index contributed by atoms with van der Waals surface area (Å²) in [6, 6.07) is 17.4.